The summed E-state index contributed by atoms with van der Waals surface area (Å²) in [6.45, 7) is 0.204. The number of rotatable bonds is 6. The molecular formula is C19H24N3O2S+. The first-order valence-electron chi connectivity index (χ1n) is 8.74. The number of carbonyl (C=O) groups is 2. The number of benzene rings is 1. The molecular weight excluding hydrogens is 334 g/mol. The molecule has 1 heterocycles. The van der Waals surface area contributed by atoms with Crippen molar-refractivity contribution >= 4 is 23.3 Å². The summed E-state index contributed by atoms with van der Waals surface area (Å²) in [6.07, 6.45) is 4.29. The lowest BCUT2D eigenvalue weighted by atomic mass is 10.1. The highest BCUT2D eigenvalue weighted by Gasteiger charge is 2.22. The number of hydrogen-bond acceptors (Lipinski definition) is 3. The van der Waals surface area contributed by atoms with Gasteiger partial charge in [-0.25, -0.2) is 4.79 Å². The van der Waals surface area contributed by atoms with Crippen molar-refractivity contribution in [1.82, 2.24) is 10.6 Å². The first kappa shape index (κ1) is 17.6. The maximum absolute atomic E-state index is 12.1. The van der Waals surface area contributed by atoms with E-state index in [1.54, 1.807) is 11.3 Å². The van der Waals surface area contributed by atoms with Crippen molar-refractivity contribution < 1.29 is 14.9 Å². The zero-order valence-corrected chi connectivity index (χ0v) is 14.9. The van der Waals surface area contributed by atoms with Gasteiger partial charge in [-0.2, -0.15) is 0 Å². The maximum Gasteiger partial charge on any atom is 0.321 e. The van der Waals surface area contributed by atoms with Gasteiger partial charge >= 0.3 is 6.03 Å². The van der Waals surface area contributed by atoms with Crippen LogP contribution in [0.4, 0.5) is 4.79 Å². The van der Waals surface area contributed by atoms with Crippen LogP contribution in [0.25, 0.3) is 0 Å². The lowest BCUT2D eigenvalue weighted by Gasteiger charge is -2.15. The fourth-order valence-electron chi connectivity index (χ4n) is 3.24. The molecule has 1 fully saturated rings. The van der Waals surface area contributed by atoms with E-state index in [2.05, 4.69) is 28.8 Å². The summed E-state index contributed by atoms with van der Waals surface area (Å²) in [5.74, 6) is -0.270. The molecule has 0 unspecified atom stereocenters. The van der Waals surface area contributed by atoms with Crippen LogP contribution in [0.1, 0.15) is 42.2 Å². The molecule has 6 heteroatoms. The molecule has 25 heavy (non-hydrogen) atoms. The summed E-state index contributed by atoms with van der Waals surface area (Å²) in [4.78, 5) is 25.2. The minimum atomic E-state index is -0.377. The van der Waals surface area contributed by atoms with Crippen molar-refractivity contribution in [2.24, 2.45) is 0 Å². The van der Waals surface area contributed by atoms with E-state index in [9.17, 15) is 9.59 Å². The summed E-state index contributed by atoms with van der Waals surface area (Å²) < 4.78 is 0. The molecule has 0 radical (unpaired) electrons. The van der Waals surface area contributed by atoms with E-state index < -0.39 is 0 Å². The Morgan fingerprint density at radius 1 is 1.12 bits per heavy atom. The van der Waals surface area contributed by atoms with Gasteiger partial charge in [-0.05, 0) is 24.3 Å². The van der Waals surface area contributed by atoms with E-state index in [1.165, 1.54) is 4.88 Å². The number of hydrogen-bond donors (Lipinski definition) is 3. The van der Waals surface area contributed by atoms with E-state index in [0.717, 1.165) is 31.2 Å². The zero-order chi connectivity index (χ0) is 17.5. The lowest BCUT2D eigenvalue weighted by molar-refractivity contribution is -0.676. The van der Waals surface area contributed by atoms with E-state index >= 15 is 0 Å². The van der Waals surface area contributed by atoms with Crippen LogP contribution in [0.5, 0.6) is 0 Å². The van der Waals surface area contributed by atoms with Crippen LogP contribution in [0, 0.1) is 0 Å². The van der Waals surface area contributed by atoms with Crippen LogP contribution in [0.15, 0.2) is 47.8 Å². The predicted octanol–water partition coefficient (Wildman–Crippen LogP) is 2.17. The lowest BCUT2D eigenvalue weighted by Crippen LogP contribution is -2.87. The maximum atomic E-state index is 12.1. The topological polar surface area (TPSA) is 74.8 Å². The molecule has 0 bridgehead atoms. The van der Waals surface area contributed by atoms with Gasteiger partial charge in [-0.3, -0.25) is 10.1 Å². The van der Waals surface area contributed by atoms with Gasteiger partial charge in [0.1, 0.15) is 6.04 Å². The molecule has 5 nitrogen and oxygen atoms in total. The first-order valence-corrected chi connectivity index (χ1v) is 9.62. The van der Waals surface area contributed by atoms with Crippen LogP contribution < -0.4 is 16.0 Å². The number of quaternary nitrogens is 1. The Morgan fingerprint density at radius 2 is 1.88 bits per heavy atom. The van der Waals surface area contributed by atoms with Crippen molar-refractivity contribution in [2.75, 3.05) is 6.54 Å². The molecule has 1 aromatic heterocycles. The summed E-state index contributed by atoms with van der Waals surface area (Å²) in [6, 6.07) is 14.1. The minimum absolute atomic E-state index is 0.0600. The van der Waals surface area contributed by atoms with E-state index in [-0.39, 0.29) is 30.6 Å². The average Bonchev–Trinajstić information content (AvgIpc) is 3.30. The van der Waals surface area contributed by atoms with E-state index in [1.807, 2.05) is 35.0 Å². The summed E-state index contributed by atoms with van der Waals surface area (Å²) in [5.41, 5.74) is 1.15. The second-order valence-corrected chi connectivity index (χ2v) is 7.33. The van der Waals surface area contributed by atoms with Gasteiger partial charge < -0.3 is 10.6 Å². The van der Waals surface area contributed by atoms with Crippen molar-refractivity contribution in [2.45, 2.75) is 37.8 Å². The first-order chi connectivity index (χ1) is 12.2. The monoisotopic (exact) mass is 358 g/mol. The van der Waals surface area contributed by atoms with Gasteiger partial charge in [0, 0.05) is 11.6 Å². The van der Waals surface area contributed by atoms with Crippen LogP contribution in [-0.2, 0) is 4.79 Å². The summed E-state index contributed by atoms with van der Waals surface area (Å²) in [5, 5.41) is 9.32. The molecule has 1 atom stereocenters. The fraction of sp³-hybridized carbons (Fsp3) is 0.368. The van der Waals surface area contributed by atoms with Crippen molar-refractivity contribution in [3.05, 3.63) is 58.3 Å². The summed E-state index contributed by atoms with van der Waals surface area (Å²) in [7, 11) is 0. The molecule has 3 amide bonds. The Balaban J connectivity index is 1.54. The Kier molecular flexibility index (Phi) is 6.19. The molecule has 0 spiro atoms. The Hall–Kier alpha value is -2.18. The van der Waals surface area contributed by atoms with Crippen LogP contribution in [-0.4, -0.2) is 24.5 Å². The smallest absolute Gasteiger partial charge is 0.321 e. The van der Waals surface area contributed by atoms with Gasteiger partial charge in [0.15, 0.2) is 6.54 Å². The van der Waals surface area contributed by atoms with Crippen LogP contribution in [0.2, 0.25) is 0 Å². The number of nitrogens with two attached hydrogens (primary N) is 1. The standard InChI is InChI=1S/C19H23N3O2S/c23-17(22-19(24)21-15-9-4-5-10-15)13-20-18(16-11-6-12-25-16)14-7-2-1-3-8-14/h1-3,6-8,11-12,15,18,20H,4-5,9-10,13H2,(H2,21,22,23,24)/p+1/t18-/m0/s1. The Bertz CT molecular complexity index is 682. The van der Waals surface area contributed by atoms with Gasteiger partial charge in [0.05, 0.1) is 4.88 Å². The number of carbonyl (C=O) groups excluding carboxylic acids is 2. The molecule has 1 saturated carbocycles. The SMILES string of the molecule is O=C(C[NH2+][C@@H](c1ccccc1)c1cccs1)NC(=O)NC1CCCC1. The van der Waals surface area contributed by atoms with Crippen LogP contribution >= 0.6 is 11.3 Å². The minimum Gasteiger partial charge on any atom is -0.335 e. The number of nitrogens with one attached hydrogen (secondary N) is 2. The average molecular weight is 358 g/mol. The third kappa shape index (κ3) is 5.14. The Morgan fingerprint density at radius 3 is 2.56 bits per heavy atom. The molecule has 0 saturated heterocycles. The normalized spacial score (nSPS) is 15.7. The third-order valence-electron chi connectivity index (χ3n) is 4.49. The number of urea groups is 1. The molecule has 0 aliphatic heterocycles. The predicted molar refractivity (Wildman–Crippen MR) is 98.3 cm³/mol. The fourth-order valence-corrected chi connectivity index (χ4v) is 4.09. The van der Waals surface area contributed by atoms with Crippen molar-refractivity contribution in [3.63, 3.8) is 0 Å². The summed E-state index contributed by atoms with van der Waals surface area (Å²) >= 11 is 1.67. The van der Waals surface area contributed by atoms with Gasteiger partial charge in [-0.15, -0.1) is 11.3 Å². The number of amides is 3. The van der Waals surface area contributed by atoms with Crippen LogP contribution in [0.3, 0.4) is 0 Å². The number of thiophene rings is 1. The second kappa shape index (κ2) is 8.78. The molecule has 4 N–H and O–H groups in total. The van der Waals surface area contributed by atoms with Gasteiger partial charge in [0.25, 0.3) is 5.91 Å². The largest absolute Gasteiger partial charge is 0.335 e. The molecule has 3 rings (SSSR count). The third-order valence-corrected chi connectivity index (χ3v) is 5.45. The second-order valence-electron chi connectivity index (χ2n) is 6.35. The Labute approximate surface area is 151 Å². The highest BCUT2D eigenvalue weighted by molar-refractivity contribution is 7.10. The zero-order valence-electron chi connectivity index (χ0n) is 14.1. The van der Waals surface area contributed by atoms with E-state index in [4.69, 9.17) is 0 Å². The van der Waals surface area contributed by atoms with Crippen molar-refractivity contribution in [1.29, 1.82) is 0 Å². The molecule has 1 aromatic carbocycles. The van der Waals surface area contributed by atoms with Gasteiger partial charge in [-0.1, -0.05) is 49.2 Å². The highest BCUT2D eigenvalue weighted by atomic mass is 32.1. The number of imide groups is 1. The molecule has 1 aliphatic rings. The molecule has 1 aliphatic carbocycles. The molecule has 2 aromatic rings. The highest BCUT2D eigenvalue weighted by Crippen LogP contribution is 2.22. The molecule has 132 valence electrons. The van der Waals surface area contributed by atoms with Gasteiger partial charge in [0.2, 0.25) is 0 Å². The van der Waals surface area contributed by atoms with E-state index in [0.29, 0.717) is 0 Å². The quantitative estimate of drug-likeness (QED) is 0.740. The van der Waals surface area contributed by atoms with Crippen molar-refractivity contribution in [3.8, 4) is 0 Å².